The molecule has 5 nitrogen and oxygen atoms in total. The van der Waals surface area contributed by atoms with E-state index < -0.39 is 17.6 Å². The molecule has 10 heteroatoms. The highest BCUT2D eigenvalue weighted by Crippen LogP contribution is 2.37. The van der Waals surface area contributed by atoms with Crippen LogP contribution in [0.2, 0.25) is 0 Å². The summed E-state index contributed by atoms with van der Waals surface area (Å²) >= 11 is 1.19. The molecule has 1 aliphatic rings. The van der Waals surface area contributed by atoms with Crippen LogP contribution in [-0.2, 0) is 6.18 Å². The van der Waals surface area contributed by atoms with Crippen molar-refractivity contribution in [2.45, 2.75) is 57.7 Å². The molecule has 1 unspecified atom stereocenters. The fourth-order valence-corrected chi connectivity index (χ4v) is 4.17. The van der Waals surface area contributed by atoms with Gasteiger partial charge in [0.25, 0.3) is 0 Å². The number of anilines is 3. The first-order valence-electron chi connectivity index (χ1n) is 10.2. The van der Waals surface area contributed by atoms with Crippen molar-refractivity contribution < 1.29 is 17.6 Å². The van der Waals surface area contributed by atoms with E-state index in [1.807, 2.05) is 20.8 Å². The number of halogens is 4. The highest BCUT2D eigenvalue weighted by atomic mass is 32.2. The molecule has 1 aromatic heterocycles. The summed E-state index contributed by atoms with van der Waals surface area (Å²) < 4.78 is 58.5. The number of aromatic nitrogens is 2. The zero-order chi connectivity index (χ0) is 22.8. The van der Waals surface area contributed by atoms with Crippen LogP contribution in [0.1, 0.15) is 44.7 Å². The van der Waals surface area contributed by atoms with Crippen LogP contribution in [0.25, 0.3) is 0 Å². The predicted molar refractivity (Wildman–Crippen MR) is 116 cm³/mol. The summed E-state index contributed by atoms with van der Waals surface area (Å²) in [6.45, 7) is 8.54. The number of rotatable bonds is 6. The van der Waals surface area contributed by atoms with E-state index in [9.17, 15) is 17.6 Å². The normalized spacial score (nSPS) is 17.3. The van der Waals surface area contributed by atoms with Crippen LogP contribution >= 0.6 is 11.9 Å². The Balaban J connectivity index is 1.90. The van der Waals surface area contributed by atoms with Crippen molar-refractivity contribution in [2.24, 2.45) is 5.92 Å². The van der Waals surface area contributed by atoms with Gasteiger partial charge < -0.3 is 10.2 Å². The summed E-state index contributed by atoms with van der Waals surface area (Å²) in [6.07, 6.45) is -1.98. The molecule has 2 N–H and O–H groups in total. The molecule has 0 saturated carbocycles. The van der Waals surface area contributed by atoms with Crippen LogP contribution < -0.4 is 14.9 Å². The average molecular weight is 458 g/mol. The smallest absolute Gasteiger partial charge is 0.356 e. The van der Waals surface area contributed by atoms with Gasteiger partial charge in [-0.3, -0.25) is 4.72 Å². The molecule has 2 heterocycles. The Kier molecular flexibility index (Phi) is 7.31. The van der Waals surface area contributed by atoms with Gasteiger partial charge in [0.15, 0.2) is 0 Å². The molecular formula is C21H27F4N5S. The minimum atomic E-state index is -4.56. The largest absolute Gasteiger partial charge is 0.421 e. The summed E-state index contributed by atoms with van der Waals surface area (Å²) in [7, 11) is 0. The molecule has 1 saturated heterocycles. The maximum atomic E-state index is 14.8. The summed E-state index contributed by atoms with van der Waals surface area (Å²) in [6, 6.07) is 3.47. The topological polar surface area (TPSA) is 53.1 Å². The molecule has 0 bridgehead atoms. The third-order valence-electron chi connectivity index (χ3n) is 5.03. The molecule has 0 amide bonds. The number of benzene rings is 1. The van der Waals surface area contributed by atoms with Gasteiger partial charge in [-0.1, -0.05) is 6.92 Å². The monoisotopic (exact) mass is 457 g/mol. The quantitative estimate of drug-likeness (QED) is 0.414. The van der Waals surface area contributed by atoms with Crippen LogP contribution in [0.3, 0.4) is 0 Å². The van der Waals surface area contributed by atoms with Crippen LogP contribution in [0.4, 0.5) is 35.0 Å². The molecule has 2 aromatic rings. The number of hydrogen-bond acceptors (Lipinski definition) is 6. The molecule has 0 radical (unpaired) electrons. The lowest BCUT2D eigenvalue weighted by molar-refractivity contribution is -0.137. The van der Waals surface area contributed by atoms with Gasteiger partial charge >= 0.3 is 6.18 Å². The van der Waals surface area contributed by atoms with E-state index >= 15 is 0 Å². The van der Waals surface area contributed by atoms with E-state index in [0.29, 0.717) is 29.2 Å². The van der Waals surface area contributed by atoms with Crippen molar-refractivity contribution in [1.82, 2.24) is 14.7 Å². The lowest BCUT2D eigenvalue weighted by atomic mass is 10.00. The van der Waals surface area contributed by atoms with Crippen molar-refractivity contribution in [2.75, 3.05) is 23.3 Å². The van der Waals surface area contributed by atoms with Gasteiger partial charge in [0.1, 0.15) is 17.2 Å². The first-order valence-corrected chi connectivity index (χ1v) is 11.1. The zero-order valence-corrected chi connectivity index (χ0v) is 18.8. The molecule has 1 atom stereocenters. The van der Waals surface area contributed by atoms with E-state index in [0.717, 1.165) is 19.0 Å². The summed E-state index contributed by atoms with van der Waals surface area (Å²) in [4.78, 5) is 10.1. The van der Waals surface area contributed by atoms with Gasteiger partial charge in [-0.15, -0.1) is 0 Å². The van der Waals surface area contributed by atoms with Crippen molar-refractivity contribution in [1.29, 1.82) is 0 Å². The maximum absolute atomic E-state index is 14.8. The SMILES string of the molecule is Cc1c(Nc2ncc(C(F)(F)F)c(N3CCCC(C)C3)n2)ccc(SNC(C)C)c1F. The van der Waals surface area contributed by atoms with Crippen LogP contribution in [0.5, 0.6) is 0 Å². The molecule has 1 fully saturated rings. The highest BCUT2D eigenvalue weighted by Gasteiger charge is 2.37. The molecular weight excluding hydrogens is 430 g/mol. The van der Waals surface area contributed by atoms with Crippen molar-refractivity contribution in [3.05, 3.63) is 35.3 Å². The average Bonchev–Trinajstić information content (AvgIpc) is 2.70. The van der Waals surface area contributed by atoms with Gasteiger partial charge in [0.2, 0.25) is 5.95 Å². The van der Waals surface area contributed by atoms with Crippen LogP contribution in [-0.4, -0.2) is 29.1 Å². The van der Waals surface area contributed by atoms with Gasteiger partial charge in [-0.05, 0) is 63.6 Å². The van der Waals surface area contributed by atoms with E-state index in [1.165, 1.54) is 11.9 Å². The third kappa shape index (κ3) is 5.79. The number of nitrogens with zero attached hydrogens (tertiary/aromatic N) is 3. The predicted octanol–water partition coefficient (Wildman–Crippen LogP) is 5.93. The van der Waals surface area contributed by atoms with Gasteiger partial charge in [-0.2, -0.15) is 18.2 Å². The summed E-state index contributed by atoms with van der Waals surface area (Å²) in [5, 5.41) is 2.89. The Morgan fingerprint density at radius 2 is 2.00 bits per heavy atom. The fourth-order valence-electron chi connectivity index (χ4n) is 3.43. The van der Waals surface area contributed by atoms with Crippen LogP contribution in [0.15, 0.2) is 23.2 Å². The molecule has 1 aliphatic heterocycles. The molecule has 0 spiro atoms. The Morgan fingerprint density at radius 1 is 1.26 bits per heavy atom. The Morgan fingerprint density at radius 3 is 2.65 bits per heavy atom. The Bertz CT molecular complexity index is 919. The maximum Gasteiger partial charge on any atom is 0.421 e. The first kappa shape index (κ1) is 23.6. The summed E-state index contributed by atoms with van der Waals surface area (Å²) in [5.74, 6) is -0.255. The summed E-state index contributed by atoms with van der Waals surface area (Å²) in [5.41, 5.74) is -0.113. The van der Waals surface area contributed by atoms with Crippen molar-refractivity contribution in [3.63, 3.8) is 0 Å². The van der Waals surface area contributed by atoms with Crippen molar-refractivity contribution >= 4 is 29.4 Å². The lowest BCUT2D eigenvalue weighted by Crippen LogP contribution is -2.36. The Hall–Kier alpha value is -2.07. The second-order valence-electron chi connectivity index (χ2n) is 8.17. The standard InChI is InChI=1S/C21H27F4N5S/c1-12(2)29-31-17-8-7-16(14(4)18(17)22)27-20-26-10-15(21(23,24)25)19(28-20)30-9-5-6-13(3)11-30/h7-8,10,12-13,29H,5-6,9,11H2,1-4H3,(H,26,27,28). The zero-order valence-electron chi connectivity index (χ0n) is 18.0. The highest BCUT2D eigenvalue weighted by molar-refractivity contribution is 7.97. The number of hydrogen-bond donors (Lipinski definition) is 2. The van der Waals surface area contributed by atoms with Crippen molar-refractivity contribution in [3.8, 4) is 0 Å². The van der Waals surface area contributed by atoms with Gasteiger partial charge in [0.05, 0.1) is 4.90 Å². The second kappa shape index (κ2) is 9.60. The number of nitrogens with one attached hydrogen (secondary N) is 2. The van der Waals surface area contributed by atoms with E-state index in [2.05, 4.69) is 20.0 Å². The number of piperidine rings is 1. The third-order valence-corrected chi connectivity index (χ3v) is 6.16. The Labute approximate surface area is 184 Å². The lowest BCUT2D eigenvalue weighted by Gasteiger charge is -2.33. The second-order valence-corrected chi connectivity index (χ2v) is 9.05. The minimum Gasteiger partial charge on any atom is -0.356 e. The van der Waals surface area contributed by atoms with Crippen LogP contribution in [0, 0.1) is 18.7 Å². The van der Waals surface area contributed by atoms with Gasteiger partial charge in [-0.25, -0.2) is 9.37 Å². The van der Waals surface area contributed by atoms with E-state index in [-0.39, 0.29) is 23.7 Å². The minimum absolute atomic E-state index is 0.00411. The molecule has 0 aliphatic carbocycles. The molecule has 3 rings (SSSR count). The van der Waals surface area contributed by atoms with Gasteiger partial charge in [0, 0.05) is 36.6 Å². The van der Waals surface area contributed by atoms with E-state index in [1.54, 1.807) is 24.0 Å². The number of alkyl halides is 3. The molecule has 170 valence electrons. The molecule has 31 heavy (non-hydrogen) atoms. The first-order chi connectivity index (χ1) is 14.6. The van der Waals surface area contributed by atoms with E-state index in [4.69, 9.17) is 0 Å². The molecule has 1 aromatic carbocycles. The fraction of sp³-hybridized carbons (Fsp3) is 0.524.